The van der Waals surface area contributed by atoms with Crippen molar-refractivity contribution in [2.45, 2.75) is 12.0 Å². The van der Waals surface area contributed by atoms with Crippen LogP contribution in [0.2, 0.25) is 0 Å². The number of amides is 2. The molecule has 126 valence electrons. The minimum Gasteiger partial charge on any atom is -0.493 e. The van der Waals surface area contributed by atoms with Crippen molar-refractivity contribution in [3.63, 3.8) is 0 Å². The van der Waals surface area contributed by atoms with Gasteiger partial charge < -0.3 is 20.5 Å². The van der Waals surface area contributed by atoms with Gasteiger partial charge in [0.15, 0.2) is 0 Å². The summed E-state index contributed by atoms with van der Waals surface area (Å²) in [6.07, 6.45) is 0.290. The molecule has 5 nitrogen and oxygen atoms in total. The van der Waals surface area contributed by atoms with E-state index in [4.69, 9.17) is 4.74 Å². The van der Waals surface area contributed by atoms with Crippen LogP contribution in [0.5, 0.6) is 5.75 Å². The summed E-state index contributed by atoms with van der Waals surface area (Å²) in [7, 11) is 0. The van der Waals surface area contributed by atoms with Gasteiger partial charge in [0.1, 0.15) is 28.7 Å². The molecule has 1 heterocycles. The lowest BCUT2D eigenvalue weighted by atomic mass is 9.88. The first-order valence-electron chi connectivity index (χ1n) is 7.43. The molecule has 1 aliphatic rings. The lowest BCUT2D eigenvalue weighted by Crippen LogP contribution is -2.45. The Kier molecular flexibility index (Phi) is 4.35. The summed E-state index contributed by atoms with van der Waals surface area (Å²) in [5, 5.41) is 15.3. The van der Waals surface area contributed by atoms with Crippen LogP contribution in [0.1, 0.15) is 12.0 Å². The molecule has 1 aliphatic heterocycles. The Balaban J connectivity index is 1.69. The third-order valence-electron chi connectivity index (χ3n) is 3.90. The second-order valence-corrected chi connectivity index (χ2v) is 5.53. The van der Waals surface area contributed by atoms with Gasteiger partial charge in [0, 0.05) is 12.0 Å². The number of para-hydroxylation sites is 2. The highest BCUT2D eigenvalue weighted by Crippen LogP contribution is 2.36. The molecule has 2 aromatic rings. The summed E-state index contributed by atoms with van der Waals surface area (Å²) < 4.78 is 32.5. The molecule has 0 aromatic heterocycles. The van der Waals surface area contributed by atoms with Gasteiger partial charge >= 0.3 is 6.03 Å². The second-order valence-electron chi connectivity index (χ2n) is 5.53. The highest BCUT2D eigenvalue weighted by atomic mass is 19.1. The average molecular weight is 334 g/mol. The standard InChI is InChI=1S/C17H16F2N2O3/c18-12-5-3-6-13(19)15(12)21-16(22)20-10-17(23)8-9-24-14-7-2-1-4-11(14)17/h1-7,23H,8-10H2,(H2,20,21,22). The molecule has 0 bridgehead atoms. The van der Waals surface area contributed by atoms with Gasteiger partial charge in [0.25, 0.3) is 0 Å². The molecule has 1 atom stereocenters. The molecular formula is C17H16F2N2O3. The number of hydrogen-bond donors (Lipinski definition) is 3. The van der Waals surface area contributed by atoms with E-state index in [1.807, 2.05) is 0 Å². The first-order valence-corrected chi connectivity index (χ1v) is 7.43. The van der Waals surface area contributed by atoms with E-state index in [9.17, 15) is 18.7 Å². The molecule has 0 spiro atoms. The molecule has 0 saturated heterocycles. The van der Waals surface area contributed by atoms with Gasteiger partial charge in [-0.2, -0.15) is 0 Å². The monoisotopic (exact) mass is 334 g/mol. The molecule has 2 amide bonds. The molecule has 24 heavy (non-hydrogen) atoms. The molecule has 1 unspecified atom stereocenters. The molecule has 0 fully saturated rings. The molecular weight excluding hydrogens is 318 g/mol. The van der Waals surface area contributed by atoms with Gasteiger partial charge in [0.2, 0.25) is 0 Å². The summed E-state index contributed by atoms with van der Waals surface area (Å²) in [5.74, 6) is -1.20. The highest BCUT2D eigenvalue weighted by molar-refractivity contribution is 5.89. The van der Waals surface area contributed by atoms with Crippen LogP contribution >= 0.6 is 0 Å². The lowest BCUT2D eigenvalue weighted by Gasteiger charge is -2.34. The van der Waals surface area contributed by atoms with Gasteiger partial charge in [-0.3, -0.25) is 0 Å². The fourth-order valence-electron chi connectivity index (χ4n) is 2.63. The van der Waals surface area contributed by atoms with E-state index in [0.29, 0.717) is 24.3 Å². The van der Waals surface area contributed by atoms with E-state index < -0.39 is 29.0 Å². The number of hydrogen-bond acceptors (Lipinski definition) is 3. The largest absolute Gasteiger partial charge is 0.493 e. The summed E-state index contributed by atoms with van der Waals surface area (Å²) in [5.41, 5.74) is -1.28. The maximum atomic E-state index is 13.5. The van der Waals surface area contributed by atoms with Crippen LogP contribution in [0, 0.1) is 11.6 Å². The minimum absolute atomic E-state index is 0.116. The van der Waals surface area contributed by atoms with Gasteiger partial charge in [-0.25, -0.2) is 13.6 Å². The number of halogens is 2. The quantitative estimate of drug-likeness (QED) is 0.808. The van der Waals surface area contributed by atoms with Crippen molar-refractivity contribution in [1.29, 1.82) is 0 Å². The Morgan fingerprint density at radius 1 is 1.17 bits per heavy atom. The van der Waals surface area contributed by atoms with Gasteiger partial charge in [-0.1, -0.05) is 24.3 Å². The number of carbonyl (C=O) groups is 1. The van der Waals surface area contributed by atoms with Crippen molar-refractivity contribution < 1.29 is 23.4 Å². The zero-order valence-corrected chi connectivity index (χ0v) is 12.7. The van der Waals surface area contributed by atoms with Crippen LogP contribution in [0.25, 0.3) is 0 Å². The average Bonchev–Trinajstić information content (AvgIpc) is 2.57. The topological polar surface area (TPSA) is 70.6 Å². The van der Waals surface area contributed by atoms with E-state index in [1.165, 1.54) is 6.07 Å². The molecule has 7 heteroatoms. The summed E-state index contributed by atoms with van der Waals surface area (Å²) in [6.45, 7) is 0.189. The number of urea groups is 1. The smallest absolute Gasteiger partial charge is 0.319 e. The summed E-state index contributed by atoms with van der Waals surface area (Å²) >= 11 is 0. The van der Waals surface area contributed by atoms with Crippen LogP contribution < -0.4 is 15.4 Å². The van der Waals surface area contributed by atoms with Crippen molar-refractivity contribution in [2.75, 3.05) is 18.5 Å². The molecule has 3 N–H and O–H groups in total. The zero-order valence-electron chi connectivity index (χ0n) is 12.7. The minimum atomic E-state index is -1.31. The molecule has 2 aromatic carbocycles. The predicted octanol–water partition coefficient (Wildman–Crippen LogP) is 2.76. The van der Waals surface area contributed by atoms with E-state index in [1.54, 1.807) is 24.3 Å². The molecule has 0 radical (unpaired) electrons. The van der Waals surface area contributed by atoms with Crippen molar-refractivity contribution in [1.82, 2.24) is 5.32 Å². The molecule has 3 rings (SSSR count). The predicted molar refractivity (Wildman–Crippen MR) is 83.8 cm³/mol. The maximum absolute atomic E-state index is 13.5. The molecule has 0 aliphatic carbocycles. The number of carbonyl (C=O) groups excluding carboxylic acids is 1. The number of rotatable bonds is 3. The zero-order chi connectivity index (χ0) is 17.2. The molecule has 0 saturated carbocycles. The third-order valence-corrected chi connectivity index (χ3v) is 3.90. The van der Waals surface area contributed by atoms with E-state index in [2.05, 4.69) is 10.6 Å². The third kappa shape index (κ3) is 3.16. The number of nitrogens with one attached hydrogen (secondary N) is 2. The Bertz CT molecular complexity index is 749. The Morgan fingerprint density at radius 3 is 2.62 bits per heavy atom. The second kappa shape index (κ2) is 6.45. The van der Waals surface area contributed by atoms with Crippen LogP contribution in [0.3, 0.4) is 0 Å². The van der Waals surface area contributed by atoms with Gasteiger partial charge in [-0.05, 0) is 18.2 Å². The van der Waals surface area contributed by atoms with Crippen LogP contribution in [0.4, 0.5) is 19.3 Å². The van der Waals surface area contributed by atoms with Gasteiger partial charge in [0.05, 0.1) is 13.2 Å². The first-order chi connectivity index (χ1) is 11.5. The fraction of sp³-hybridized carbons (Fsp3) is 0.235. The van der Waals surface area contributed by atoms with Crippen molar-refractivity contribution in [3.8, 4) is 5.75 Å². The van der Waals surface area contributed by atoms with E-state index in [0.717, 1.165) is 12.1 Å². The summed E-state index contributed by atoms with van der Waals surface area (Å²) in [4.78, 5) is 11.9. The Morgan fingerprint density at radius 2 is 1.88 bits per heavy atom. The van der Waals surface area contributed by atoms with Crippen LogP contribution in [0.15, 0.2) is 42.5 Å². The number of fused-ring (bicyclic) bond motifs is 1. The highest BCUT2D eigenvalue weighted by Gasteiger charge is 2.35. The van der Waals surface area contributed by atoms with Crippen molar-refractivity contribution in [3.05, 3.63) is 59.7 Å². The van der Waals surface area contributed by atoms with Crippen molar-refractivity contribution in [2.24, 2.45) is 0 Å². The number of aliphatic hydroxyl groups is 1. The normalized spacial score (nSPS) is 19.1. The SMILES string of the molecule is O=C(NCC1(O)CCOc2ccccc21)Nc1c(F)cccc1F. The van der Waals surface area contributed by atoms with Crippen LogP contribution in [-0.2, 0) is 5.60 Å². The van der Waals surface area contributed by atoms with E-state index >= 15 is 0 Å². The fourth-order valence-corrected chi connectivity index (χ4v) is 2.63. The number of anilines is 1. The first kappa shape index (κ1) is 16.2. The Labute approximate surface area is 137 Å². The number of benzene rings is 2. The van der Waals surface area contributed by atoms with Gasteiger partial charge in [-0.15, -0.1) is 0 Å². The van der Waals surface area contributed by atoms with Crippen LogP contribution in [-0.4, -0.2) is 24.3 Å². The van der Waals surface area contributed by atoms with E-state index in [-0.39, 0.29) is 6.54 Å². The lowest BCUT2D eigenvalue weighted by molar-refractivity contribution is 0.000397. The number of ether oxygens (including phenoxy) is 1. The maximum Gasteiger partial charge on any atom is 0.319 e. The summed E-state index contributed by atoms with van der Waals surface area (Å²) in [6, 6.07) is 9.46. The van der Waals surface area contributed by atoms with Crippen molar-refractivity contribution >= 4 is 11.7 Å². The Hall–Kier alpha value is -2.67.